The van der Waals surface area contributed by atoms with Gasteiger partial charge in [-0.3, -0.25) is 4.98 Å². The van der Waals surface area contributed by atoms with Crippen LogP contribution < -0.4 is 0 Å². The van der Waals surface area contributed by atoms with E-state index in [1.165, 1.54) is 10.5 Å². The summed E-state index contributed by atoms with van der Waals surface area (Å²) >= 11 is 0. The van der Waals surface area contributed by atoms with Gasteiger partial charge in [-0.05, 0) is 24.5 Å². The summed E-state index contributed by atoms with van der Waals surface area (Å²) in [7, 11) is -1.81. The summed E-state index contributed by atoms with van der Waals surface area (Å²) in [4.78, 5) is 4.07. The Morgan fingerprint density at radius 1 is 1.59 bits per heavy atom. The van der Waals surface area contributed by atoms with E-state index >= 15 is 0 Å². The lowest BCUT2D eigenvalue weighted by atomic mass is 10.1. The third kappa shape index (κ3) is 2.83. The summed E-state index contributed by atoms with van der Waals surface area (Å²) in [6.45, 7) is 1.87. The molecule has 2 rings (SSSR count). The molecule has 1 aromatic heterocycles. The Morgan fingerprint density at radius 2 is 2.41 bits per heavy atom. The maximum absolute atomic E-state index is 12.2. The van der Waals surface area contributed by atoms with Crippen LogP contribution in [0.5, 0.6) is 0 Å². The van der Waals surface area contributed by atoms with Crippen molar-refractivity contribution in [3.63, 3.8) is 0 Å². The standard InChI is InChI=1S/C11H16N2O3S/c1-13(8-10-4-6-16-9-10)17(14,15)11-3-2-5-12-7-11/h2-3,5,7,10H,4,6,8-9H2,1H3. The van der Waals surface area contributed by atoms with Crippen LogP contribution >= 0.6 is 0 Å². The summed E-state index contributed by atoms with van der Waals surface area (Å²) < 4.78 is 31.0. The molecule has 0 bridgehead atoms. The quantitative estimate of drug-likeness (QED) is 0.797. The summed E-state index contributed by atoms with van der Waals surface area (Å²) in [5.74, 6) is 0.298. The Labute approximate surface area is 101 Å². The molecule has 5 nitrogen and oxygen atoms in total. The second-order valence-corrected chi connectivity index (χ2v) is 6.25. The average Bonchev–Trinajstić information content (AvgIpc) is 2.83. The molecule has 0 N–H and O–H groups in total. The van der Waals surface area contributed by atoms with Crippen molar-refractivity contribution in [2.75, 3.05) is 26.8 Å². The van der Waals surface area contributed by atoms with E-state index in [1.54, 1.807) is 25.4 Å². The molecule has 1 aliphatic heterocycles. The Balaban J connectivity index is 2.09. The predicted molar refractivity (Wildman–Crippen MR) is 63.0 cm³/mol. The van der Waals surface area contributed by atoms with Gasteiger partial charge in [0.25, 0.3) is 0 Å². The van der Waals surface area contributed by atoms with Gasteiger partial charge in [0.1, 0.15) is 4.90 Å². The van der Waals surface area contributed by atoms with Crippen LogP contribution in [-0.4, -0.2) is 44.5 Å². The third-order valence-electron chi connectivity index (χ3n) is 2.88. The van der Waals surface area contributed by atoms with Crippen LogP contribution in [0.2, 0.25) is 0 Å². The molecule has 1 fully saturated rings. The van der Waals surface area contributed by atoms with E-state index in [0.717, 1.165) is 13.0 Å². The van der Waals surface area contributed by atoms with E-state index in [9.17, 15) is 8.42 Å². The van der Waals surface area contributed by atoms with Crippen molar-refractivity contribution in [1.29, 1.82) is 0 Å². The first kappa shape index (κ1) is 12.5. The molecule has 94 valence electrons. The number of hydrogen-bond acceptors (Lipinski definition) is 4. The molecule has 1 aliphatic rings. The highest BCUT2D eigenvalue weighted by Crippen LogP contribution is 2.18. The first-order valence-electron chi connectivity index (χ1n) is 5.55. The van der Waals surface area contributed by atoms with Gasteiger partial charge in [0.2, 0.25) is 10.0 Å². The summed E-state index contributed by atoms with van der Waals surface area (Å²) in [5.41, 5.74) is 0. The monoisotopic (exact) mass is 256 g/mol. The lowest BCUT2D eigenvalue weighted by Gasteiger charge is -2.19. The number of hydrogen-bond donors (Lipinski definition) is 0. The smallest absolute Gasteiger partial charge is 0.244 e. The molecule has 1 aromatic rings. The molecular weight excluding hydrogens is 240 g/mol. The van der Waals surface area contributed by atoms with E-state index in [4.69, 9.17) is 4.74 Å². The predicted octanol–water partition coefficient (Wildman–Crippen LogP) is 0.739. The van der Waals surface area contributed by atoms with Crippen LogP contribution in [0.25, 0.3) is 0 Å². The largest absolute Gasteiger partial charge is 0.381 e. The average molecular weight is 256 g/mol. The second-order valence-electron chi connectivity index (χ2n) is 4.20. The number of rotatable bonds is 4. The minimum Gasteiger partial charge on any atom is -0.381 e. The van der Waals surface area contributed by atoms with Crippen molar-refractivity contribution in [2.45, 2.75) is 11.3 Å². The van der Waals surface area contributed by atoms with Crippen LogP contribution in [0.15, 0.2) is 29.4 Å². The van der Waals surface area contributed by atoms with Crippen LogP contribution in [-0.2, 0) is 14.8 Å². The van der Waals surface area contributed by atoms with Crippen LogP contribution in [0.3, 0.4) is 0 Å². The summed E-state index contributed by atoms with van der Waals surface area (Å²) in [5, 5.41) is 0. The van der Waals surface area contributed by atoms with Crippen molar-refractivity contribution in [3.05, 3.63) is 24.5 Å². The Hall–Kier alpha value is -0.980. The van der Waals surface area contributed by atoms with Crippen molar-refractivity contribution in [3.8, 4) is 0 Å². The van der Waals surface area contributed by atoms with Gasteiger partial charge in [-0.25, -0.2) is 12.7 Å². The highest BCUT2D eigenvalue weighted by molar-refractivity contribution is 7.89. The molecule has 0 saturated carbocycles. The van der Waals surface area contributed by atoms with Gasteiger partial charge in [-0.15, -0.1) is 0 Å². The number of ether oxygens (including phenoxy) is 1. The van der Waals surface area contributed by atoms with Gasteiger partial charge in [-0.2, -0.15) is 0 Å². The third-order valence-corrected chi connectivity index (χ3v) is 4.69. The van der Waals surface area contributed by atoms with Gasteiger partial charge in [0, 0.05) is 32.6 Å². The highest BCUT2D eigenvalue weighted by atomic mass is 32.2. The van der Waals surface area contributed by atoms with Crippen LogP contribution in [0.1, 0.15) is 6.42 Å². The minimum atomic E-state index is -3.41. The summed E-state index contributed by atoms with van der Waals surface area (Å²) in [6.07, 6.45) is 3.85. The second kappa shape index (κ2) is 5.12. The lowest BCUT2D eigenvalue weighted by molar-refractivity contribution is 0.182. The maximum Gasteiger partial charge on any atom is 0.244 e. The minimum absolute atomic E-state index is 0.237. The highest BCUT2D eigenvalue weighted by Gasteiger charge is 2.25. The molecule has 1 saturated heterocycles. The number of nitrogens with zero attached hydrogens (tertiary/aromatic N) is 2. The molecule has 0 aliphatic carbocycles. The Bertz CT molecular complexity index is 455. The molecule has 0 amide bonds. The zero-order chi connectivity index (χ0) is 12.3. The Morgan fingerprint density at radius 3 is 3.00 bits per heavy atom. The topological polar surface area (TPSA) is 59.5 Å². The van der Waals surface area contributed by atoms with Gasteiger partial charge >= 0.3 is 0 Å². The van der Waals surface area contributed by atoms with Gasteiger partial charge in [0.15, 0.2) is 0 Å². The van der Waals surface area contributed by atoms with Gasteiger partial charge < -0.3 is 4.74 Å². The maximum atomic E-state index is 12.2. The SMILES string of the molecule is CN(CC1CCOC1)S(=O)(=O)c1cccnc1. The molecule has 6 heteroatoms. The van der Waals surface area contributed by atoms with Crippen molar-refractivity contribution < 1.29 is 13.2 Å². The lowest BCUT2D eigenvalue weighted by Crippen LogP contribution is -2.32. The zero-order valence-electron chi connectivity index (χ0n) is 9.74. The normalized spacial score (nSPS) is 20.9. The molecule has 0 aromatic carbocycles. The molecule has 1 unspecified atom stereocenters. The molecule has 0 radical (unpaired) electrons. The van der Waals surface area contributed by atoms with Gasteiger partial charge in [-0.1, -0.05) is 0 Å². The fourth-order valence-electron chi connectivity index (χ4n) is 1.87. The summed E-state index contributed by atoms with van der Waals surface area (Å²) in [6, 6.07) is 3.18. The Kier molecular flexibility index (Phi) is 3.76. The van der Waals surface area contributed by atoms with Crippen LogP contribution in [0, 0.1) is 5.92 Å². The van der Waals surface area contributed by atoms with E-state index in [-0.39, 0.29) is 4.90 Å². The molecule has 1 atom stereocenters. The van der Waals surface area contributed by atoms with E-state index < -0.39 is 10.0 Å². The number of pyridine rings is 1. The van der Waals surface area contributed by atoms with Crippen molar-refractivity contribution in [1.82, 2.24) is 9.29 Å². The van der Waals surface area contributed by atoms with Gasteiger partial charge in [0.05, 0.1) is 6.61 Å². The molecule has 2 heterocycles. The molecule has 0 spiro atoms. The van der Waals surface area contributed by atoms with E-state index in [0.29, 0.717) is 19.1 Å². The molecular formula is C11H16N2O3S. The van der Waals surface area contributed by atoms with Crippen molar-refractivity contribution in [2.24, 2.45) is 5.92 Å². The van der Waals surface area contributed by atoms with Crippen LogP contribution in [0.4, 0.5) is 0 Å². The zero-order valence-corrected chi connectivity index (χ0v) is 10.6. The fourth-order valence-corrected chi connectivity index (χ4v) is 3.08. The number of aromatic nitrogens is 1. The molecule has 17 heavy (non-hydrogen) atoms. The van der Waals surface area contributed by atoms with Crippen molar-refractivity contribution >= 4 is 10.0 Å². The van der Waals surface area contributed by atoms with E-state index in [1.807, 2.05) is 0 Å². The fraction of sp³-hybridized carbons (Fsp3) is 0.545. The number of sulfonamides is 1. The first-order chi connectivity index (χ1) is 8.10. The first-order valence-corrected chi connectivity index (χ1v) is 6.99. The van der Waals surface area contributed by atoms with E-state index in [2.05, 4.69) is 4.98 Å².